The molecule has 17 heavy (non-hydrogen) atoms. The standard InChI is InChI=1S/C12H4O4S/c13-7-2-1-5-8(10(7)15)11(16)12-6(9(5)14)3-4-17-12/h1-4H. The fourth-order valence-electron chi connectivity index (χ4n) is 1.90. The summed E-state index contributed by atoms with van der Waals surface area (Å²) < 4.78 is 0.241. The van der Waals surface area contributed by atoms with Gasteiger partial charge in [0.2, 0.25) is 16.3 Å². The van der Waals surface area contributed by atoms with E-state index in [1.165, 1.54) is 6.07 Å². The summed E-state index contributed by atoms with van der Waals surface area (Å²) in [4.78, 5) is 46.8. The zero-order valence-electron chi connectivity index (χ0n) is 8.35. The fraction of sp³-hybridized carbons (Fsp3) is 0. The summed E-state index contributed by atoms with van der Waals surface area (Å²) in [7, 11) is 0. The molecule has 2 aliphatic rings. The van der Waals surface area contributed by atoms with Gasteiger partial charge in [0.1, 0.15) is 0 Å². The number of fused-ring (bicyclic) bond motifs is 1. The maximum Gasteiger partial charge on any atom is 0.237 e. The lowest BCUT2D eigenvalue weighted by molar-refractivity contribution is 1.32. The first-order chi connectivity index (χ1) is 8.11. The van der Waals surface area contributed by atoms with Gasteiger partial charge in [-0.05, 0) is 23.6 Å². The molecule has 0 bridgehead atoms. The van der Waals surface area contributed by atoms with Crippen LogP contribution in [0.25, 0.3) is 10.1 Å². The third-order valence-electron chi connectivity index (χ3n) is 2.71. The van der Waals surface area contributed by atoms with Gasteiger partial charge in [0.15, 0.2) is 5.43 Å². The second-order valence-electron chi connectivity index (χ2n) is 3.64. The second-order valence-corrected chi connectivity index (χ2v) is 4.55. The van der Waals surface area contributed by atoms with Crippen molar-refractivity contribution in [1.29, 1.82) is 0 Å². The summed E-state index contributed by atoms with van der Waals surface area (Å²) >= 11 is 1.10. The number of thiophene rings is 1. The van der Waals surface area contributed by atoms with Crippen molar-refractivity contribution in [1.82, 2.24) is 0 Å². The van der Waals surface area contributed by atoms with Crippen LogP contribution in [-0.2, 0) is 0 Å². The minimum Gasteiger partial charge on any atom is -0.289 e. The molecule has 0 atom stereocenters. The Morgan fingerprint density at radius 2 is 1.59 bits per heavy atom. The molecule has 0 fully saturated rings. The molecule has 0 N–H and O–H groups in total. The smallest absolute Gasteiger partial charge is 0.237 e. The van der Waals surface area contributed by atoms with Crippen LogP contribution >= 0.6 is 11.3 Å². The zero-order valence-corrected chi connectivity index (χ0v) is 9.17. The van der Waals surface area contributed by atoms with Crippen molar-refractivity contribution in [2.45, 2.75) is 0 Å². The van der Waals surface area contributed by atoms with Gasteiger partial charge < -0.3 is 0 Å². The molecule has 2 aliphatic carbocycles. The molecule has 0 amide bonds. The molecule has 0 aliphatic heterocycles. The minimum atomic E-state index is -0.889. The van der Waals surface area contributed by atoms with E-state index in [-0.39, 0.29) is 20.6 Å². The minimum absolute atomic E-state index is 0.0329. The molecule has 4 nitrogen and oxygen atoms in total. The van der Waals surface area contributed by atoms with E-state index < -0.39 is 16.3 Å². The molecule has 1 aromatic heterocycles. The summed E-state index contributed by atoms with van der Waals surface area (Å²) in [5.74, 6) is 0. The Kier molecular flexibility index (Phi) is 1.88. The molecule has 1 aromatic rings. The van der Waals surface area contributed by atoms with Crippen LogP contribution in [0.15, 0.2) is 42.8 Å². The first kappa shape index (κ1) is 10.0. The van der Waals surface area contributed by atoms with Gasteiger partial charge in [-0.2, -0.15) is 0 Å². The topological polar surface area (TPSA) is 68.3 Å². The van der Waals surface area contributed by atoms with E-state index in [0.29, 0.717) is 5.39 Å². The van der Waals surface area contributed by atoms with Crippen LogP contribution in [0.1, 0.15) is 0 Å². The molecule has 0 aromatic carbocycles. The monoisotopic (exact) mass is 244 g/mol. The van der Waals surface area contributed by atoms with Gasteiger partial charge in [-0.25, -0.2) is 0 Å². The van der Waals surface area contributed by atoms with E-state index >= 15 is 0 Å². The summed E-state index contributed by atoms with van der Waals surface area (Å²) in [5, 5.41) is 1.68. The van der Waals surface area contributed by atoms with Gasteiger partial charge in [0.25, 0.3) is 0 Å². The lowest BCUT2D eigenvalue weighted by Crippen LogP contribution is -2.31. The first-order valence-corrected chi connectivity index (χ1v) is 5.67. The predicted molar refractivity (Wildman–Crippen MR) is 64.6 cm³/mol. The van der Waals surface area contributed by atoms with Crippen LogP contribution in [0.5, 0.6) is 0 Å². The third kappa shape index (κ3) is 1.17. The molecule has 82 valence electrons. The summed E-state index contributed by atoms with van der Waals surface area (Å²) in [6.07, 6.45) is 0. The van der Waals surface area contributed by atoms with Crippen LogP contribution < -0.4 is 21.7 Å². The maximum absolute atomic E-state index is 12.0. The van der Waals surface area contributed by atoms with Crippen LogP contribution in [0.3, 0.4) is 0 Å². The Bertz CT molecular complexity index is 1010. The molecule has 0 saturated heterocycles. The largest absolute Gasteiger partial charge is 0.289 e. The summed E-state index contributed by atoms with van der Waals surface area (Å²) in [6.45, 7) is 0. The van der Waals surface area contributed by atoms with Crippen molar-refractivity contribution in [2.75, 3.05) is 0 Å². The number of hydrogen-bond acceptors (Lipinski definition) is 5. The van der Waals surface area contributed by atoms with Crippen molar-refractivity contribution in [3.63, 3.8) is 0 Å². The SMILES string of the molecule is O=c1ccc2c(=O)c3ccsc3c(=O)c=2c1=O. The Balaban J connectivity index is 3.00. The van der Waals surface area contributed by atoms with Crippen molar-refractivity contribution in [2.24, 2.45) is 0 Å². The molecule has 5 heteroatoms. The zero-order chi connectivity index (χ0) is 12.2. The molecule has 3 rings (SSSR count). The van der Waals surface area contributed by atoms with E-state index in [9.17, 15) is 19.2 Å². The van der Waals surface area contributed by atoms with Crippen molar-refractivity contribution in [3.05, 3.63) is 74.9 Å². The molecule has 0 spiro atoms. The van der Waals surface area contributed by atoms with Crippen LogP contribution in [0.4, 0.5) is 0 Å². The third-order valence-corrected chi connectivity index (χ3v) is 3.62. The maximum atomic E-state index is 12.0. The number of hydrogen-bond donors (Lipinski definition) is 0. The van der Waals surface area contributed by atoms with E-state index in [0.717, 1.165) is 17.4 Å². The second kappa shape index (κ2) is 3.18. The average molecular weight is 244 g/mol. The van der Waals surface area contributed by atoms with E-state index in [4.69, 9.17) is 0 Å². The van der Waals surface area contributed by atoms with E-state index in [1.807, 2.05) is 0 Å². The Hall–Kier alpha value is -2.14. The van der Waals surface area contributed by atoms with Crippen LogP contribution in [0, 0.1) is 10.4 Å². The quantitative estimate of drug-likeness (QED) is 0.520. The average Bonchev–Trinajstić information content (AvgIpc) is 2.79. The fourth-order valence-corrected chi connectivity index (χ4v) is 2.74. The van der Waals surface area contributed by atoms with E-state index in [2.05, 4.69) is 0 Å². The Labute approximate surface area is 96.7 Å². The van der Waals surface area contributed by atoms with Gasteiger partial charge in [0, 0.05) is 10.6 Å². The normalized spacial score (nSPS) is 11.3. The summed E-state index contributed by atoms with van der Waals surface area (Å²) in [6, 6.07) is 3.84. The highest BCUT2D eigenvalue weighted by atomic mass is 32.1. The molecular formula is C12H4O4S. The highest BCUT2D eigenvalue weighted by Crippen LogP contribution is 2.12. The Morgan fingerprint density at radius 1 is 0.824 bits per heavy atom. The molecule has 1 heterocycles. The van der Waals surface area contributed by atoms with Crippen molar-refractivity contribution in [3.8, 4) is 0 Å². The molecule has 0 saturated carbocycles. The first-order valence-electron chi connectivity index (χ1n) is 4.79. The van der Waals surface area contributed by atoms with Gasteiger partial charge in [-0.15, -0.1) is 11.3 Å². The van der Waals surface area contributed by atoms with Gasteiger partial charge >= 0.3 is 0 Å². The van der Waals surface area contributed by atoms with Crippen LogP contribution in [0.2, 0.25) is 0 Å². The van der Waals surface area contributed by atoms with Gasteiger partial charge in [-0.3, -0.25) is 19.2 Å². The predicted octanol–water partition coefficient (Wildman–Crippen LogP) is -0.0575. The lowest BCUT2D eigenvalue weighted by atomic mass is 10.1. The van der Waals surface area contributed by atoms with Gasteiger partial charge in [-0.1, -0.05) is 0 Å². The highest BCUT2D eigenvalue weighted by Gasteiger charge is 2.11. The summed E-state index contributed by atoms with van der Waals surface area (Å²) in [5.41, 5.74) is -2.54. The highest BCUT2D eigenvalue weighted by molar-refractivity contribution is 7.17. The van der Waals surface area contributed by atoms with Gasteiger partial charge in [0.05, 0.1) is 9.92 Å². The van der Waals surface area contributed by atoms with Crippen molar-refractivity contribution < 1.29 is 0 Å². The number of rotatable bonds is 0. The molecule has 0 radical (unpaired) electrons. The Morgan fingerprint density at radius 3 is 2.35 bits per heavy atom. The molecular weight excluding hydrogens is 240 g/mol. The lowest BCUT2D eigenvalue weighted by Gasteiger charge is -1.90. The molecule has 0 unspecified atom stereocenters. The van der Waals surface area contributed by atoms with E-state index in [1.54, 1.807) is 11.4 Å². The van der Waals surface area contributed by atoms with Crippen LogP contribution in [-0.4, -0.2) is 0 Å². The van der Waals surface area contributed by atoms with Crippen molar-refractivity contribution >= 4 is 21.4 Å².